The molecule has 0 aromatic carbocycles. The van der Waals surface area contributed by atoms with Gasteiger partial charge in [0, 0.05) is 12.4 Å². The SMILES string of the molecule is CC(c1ccccn1)n1cncc1CCl. The molecule has 0 spiro atoms. The fraction of sp³-hybridized carbons (Fsp3) is 0.273. The summed E-state index contributed by atoms with van der Waals surface area (Å²) in [5, 5.41) is 0. The molecule has 0 aliphatic heterocycles. The van der Waals surface area contributed by atoms with Crippen LogP contribution in [0.5, 0.6) is 0 Å². The van der Waals surface area contributed by atoms with Gasteiger partial charge in [-0.2, -0.15) is 0 Å². The van der Waals surface area contributed by atoms with Gasteiger partial charge in [0.2, 0.25) is 0 Å². The lowest BCUT2D eigenvalue weighted by molar-refractivity contribution is 0.603. The van der Waals surface area contributed by atoms with Gasteiger partial charge in [0.15, 0.2) is 0 Å². The minimum atomic E-state index is 0.169. The molecule has 0 fully saturated rings. The molecule has 0 saturated carbocycles. The van der Waals surface area contributed by atoms with E-state index in [2.05, 4.69) is 16.9 Å². The van der Waals surface area contributed by atoms with E-state index in [-0.39, 0.29) is 6.04 Å². The largest absolute Gasteiger partial charge is 0.325 e. The van der Waals surface area contributed by atoms with Crippen LogP contribution in [-0.2, 0) is 5.88 Å². The predicted octanol–water partition coefficient (Wildman–Crippen LogP) is 2.63. The van der Waals surface area contributed by atoms with E-state index < -0.39 is 0 Å². The third kappa shape index (κ3) is 2.02. The Morgan fingerprint density at radius 1 is 1.47 bits per heavy atom. The Hall–Kier alpha value is -1.35. The second kappa shape index (κ2) is 4.45. The second-order valence-electron chi connectivity index (χ2n) is 3.36. The molecule has 0 aliphatic carbocycles. The van der Waals surface area contributed by atoms with Crippen molar-refractivity contribution in [3.63, 3.8) is 0 Å². The van der Waals surface area contributed by atoms with Gasteiger partial charge < -0.3 is 4.57 Å². The first-order chi connectivity index (χ1) is 7.33. The van der Waals surface area contributed by atoms with Gasteiger partial charge in [-0.1, -0.05) is 6.07 Å². The van der Waals surface area contributed by atoms with Crippen LogP contribution in [0.3, 0.4) is 0 Å². The quantitative estimate of drug-likeness (QED) is 0.746. The fourth-order valence-electron chi connectivity index (χ4n) is 1.55. The summed E-state index contributed by atoms with van der Waals surface area (Å²) in [6.07, 6.45) is 5.37. The minimum absolute atomic E-state index is 0.169. The first-order valence-corrected chi connectivity index (χ1v) is 5.34. The van der Waals surface area contributed by atoms with Crippen molar-refractivity contribution in [2.75, 3.05) is 0 Å². The van der Waals surface area contributed by atoms with Gasteiger partial charge in [-0.3, -0.25) is 4.98 Å². The number of aromatic nitrogens is 3. The summed E-state index contributed by atoms with van der Waals surface area (Å²) in [6, 6.07) is 6.06. The zero-order valence-electron chi connectivity index (χ0n) is 8.47. The highest BCUT2D eigenvalue weighted by Crippen LogP contribution is 2.18. The summed E-state index contributed by atoms with van der Waals surface area (Å²) in [5.74, 6) is 0.469. The Morgan fingerprint density at radius 3 is 3.00 bits per heavy atom. The van der Waals surface area contributed by atoms with Gasteiger partial charge in [-0.15, -0.1) is 11.6 Å². The Labute approximate surface area is 93.7 Å². The molecule has 0 amide bonds. The molecule has 2 aromatic rings. The van der Waals surface area contributed by atoms with Crippen LogP contribution >= 0.6 is 11.6 Å². The van der Waals surface area contributed by atoms with Crippen molar-refractivity contribution in [2.45, 2.75) is 18.8 Å². The predicted molar refractivity (Wildman–Crippen MR) is 59.8 cm³/mol. The van der Waals surface area contributed by atoms with Crippen LogP contribution in [-0.4, -0.2) is 14.5 Å². The molecule has 3 nitrogen and oxygen atoms in total. The van der Waals surface area contributed by atoms with Crippen LogP contribution in [0.25, 0.3) is 0 Å². The molecule has 0 saturated heterocycles. The second-order valence-corrected chi connectivity index (χ2v) is 3.62. The Balaban J connectivity index is 2.32. The molecule has 0 bridgehead atoms. The van der Waals surface area contributed by atoms with Crippen molar-refractivity contribution in [1.29, 1.82) is 0 Å². The maximum Gasteiger partial charge on any atom is 0.0954 e. The summed E-state index contributed by atoms with van der Waals surface area (Å²) in [5.41, 5.74) is 2.02. The van der Waals surface area contributed by atoms with Crippen LogP contribution in [0.1, 0.15) is 24.4 Å². The third-order valence-corrected chi connectivity index (χ3v) is 2.69. The number of hydrogen-bond donors (Lipinski definition) is 0. The van der Waals surface area contributed by atoms with E-state index in [1.54, 1.807) is 18.7 Å². The van der Waals surface area contributed by atoms with Gasteiger partial charge in [-0.25, -0.2) is 4.98 Å². The molecule has 0 radical (unpaired) electrons. The molecule has 2 aromatic heterocycles. The van der Waals surface area contributed by atoms with E-state index in [9.17, 15) is 0 Å². The molecule has 1 atom stereocenters. The number of nitrogens with zero attached hydrogens (tertiary/aromatic N) is 3. The van der Waals surface area contributed by atoms with E-state index in [1.807, 2.05) is 22.8 Å². The summed E-state index contributed by atoms with van der Waals surface area (Å²) < 4.78 is 2.04. The van der Waals surface area contributed by atoms with E-state index in [0.29, 0.717) is 5.88 Å². The molecular formula is C11H12ClN3. The maximum atomic E-state index is 5.82. The normalized spacial score (nSPS) is 12.7. The fourth-order valence-corrected chi connectivity index (χ4v) is 1.76. The molecule has 78 valence electrons. The van der Waals surface area contributed by atoms with Gasteiger partial charge >= 0.3 is 0 Å². The summed E-state index contributed by atoms with van der Waals surface area (Å²) in [7, 11) is 0. The number of rotatable bonds is 3. The van der Waals surface area contributed by atoms with E-state index >= 15 is 0 Å². The smallest absolute Gasteiger partial charge is 0.0954 e. The molecule has 0 aliphatic rings. The molecule has 15 heavy (non-hydrogen) atoms. The van der Waals surface area contributed by atoms with Crippen molar-refractivity contribution in [3.05, 3.63) is 48.3 Å². The Bertz CT molecular complexity index is 424. The van der Waals surface area contributed by atoms with E-state index in [1.165, 1.54) is 0 Å². The molecule has 2 heterocycles. The van der Waals surface area contributed by atoms with Crippen LogP contribution in [0.4, 0.5) is 0 Å². The van der Waals surface area contributed by atoms with Crippen molar-refractivity contribution in [3.8, 4) is 0 Å². The van der Waals surface area contributed by atoms with Crippen LogP contribution in [0, 0.1) is 0 Å². The average molecular weight is 222 g/mol. The summed E-state index contributed by atoms with van der Waals surface area (Å²) in [6.45, 7) is 2.08. The summed E-state index contributed by atoms with van der Waals surface area (Å²) >= 11 is 5.82. The van der Waals surface area contributed by atoms with Crippen molar-refractivity contribution in [1.82, 2.24) is 14.5 Å². The molecule has 2 rings (SSSR count). The molecular weight excluding hydrogens is 210 g/mol. The standard InChI is InChI=1S/C11H12ClN3/c1-9(11-4-2-3-5-14-11)15-8-13-7-10(15)6-12/h2-5,7-9H,6H2,1H3. The van der Waals surface area contributed by atoms with Crippen LogP contribution < -0.4 is 0 Å². The van der Waals surface area contributed by atoms with Gasteiger partial charge in [0.05, 0.1) is 29.6 Å². The first kappa shape index (κ1) is 10.2. The highest BCUT2D eigenvalue weighted by molar-refractivity contribution is 6.16. The van der Waals surface area contributed by atoms with Crippen molar-refractivity contribution in [2.24, 2.45) is 0 Å². The number of halogens is 1. The third-order valence-electron chi connectivity index (χ3n) is 2.42. The monoisotopic (exact) mass is 221 g/mol. The number of pyridine rings is 1. The lowest BCUT2D eigenvalue weighted by Crippen LogP contribution is -2.09. The Morgan fingerprint density at radius 2 is 2.33 bits per heavy atom. The van der Waals surface area contributed by atoms with Crippen molar-refractivity contribution < 1.29 is 0 Å². The van der Waals surface area contributed by atoms with Crippen LogP contribution in [0.15, 0.2) is 36.9 Å². The lowest BCUT2D eigenvalue weighted by Gasteiger charge is -2.14. The van der Waals surface area contributed by atoms with Crippen LogP contribution in [0.2, 0.25) is 0 Å². The van der Waals surface area contributed by atoms with Gasteiger partial charge in [-0.05, 0) is 19.1 Å². The lowest BCUT2D eigenvalue weighted by atomic mass is 10.2. The van der Waals surface area contributed by atoms with Gasteiger partial charge in [0.25, 0.3) is 0 Å². The first-order valence-electron chi connectivity index (χ1n) is 4.80. The topological polar surface area (TPSA) is 30.7 Å². The molecule has 1 unspecified atom stereocenters. The number of hydrogen-bond acceptors (Lipinski definition) is 2. The van der Waals surface area contributed by atoms with Gasteiger partial charge in [0.1, 0.15) is 0 Å². The highest BCUT2D eigenvalue weighted by atomic mass is 35.5. The average Bonchev–Trinajstić information content (AvgIpc) is 2.77. The number of imidazole rings is 1. The van der Waals surface area contributed by atoms with E-state index in [0.717, 1.165) is 11.4 Å². The maximum absolute atomic E-state index is 5.82. The minimum Gasteiger partial charge on any atom is -0.325 e. The Kier molecular flexibility index (Phi) is 3.02. The summed E-state index contributed by atoms with van der Waals surface area (Å²) in [4.78, 5) is 8.41. The zero-order chi connectivity index (χ0) is 10.7. The zero-order valence-corrected chi connectivity index (χ0v) is 9.22. The molecule has 0 N–H and O–H groups in total. The van der Waals surface area contributed by atoms with E-state index in [4.69, 9.17) is 11.6 Å². The highest BCUT2D eigenvalue weighted by Gasteiger charge is 2.11. The van der Waals surface area contributed by atoms with Crippen molar-refractivity contribution >= 4 is 11.6 Å². The number of alkyl halides is 1. The molecule has 4 heteroatoms.